The minimum absolute atomic E-state index is 0.0186. The smallest absolute Gasteiger partial charge is 0.254 e. The van der Waals surface area contributed by atoms with Crippen LogP contribution in [0.15, 0.2) is 24.3 Å². The number of amides is 1. The number of alkyl halides is 1. The van der Waals surface area contributed by atoms with E-state index in [4.69, 9.17) is 0 Å². The molecule has 0 atom stereocenters. The second kappa shape index (κ2) is 5.54. The fraction of sp³-hybridized carbons (Fsp3) is 0.462. The second-order valence-corrected chi connectivity index (χ2v) is 5.12. The summed E-state index contributed by atoms with van der Waals surface area (Å²) in [6, 6.07) is 6.94. The molecule has 1 saturated carbocycles. The van der Waals surface area contributed by atoms with Gasteiger partial charge in [0.2, 0.25) is 0 Å². The van der Waals surface area contributed by atoms with Gasteiger partial charge in [-0.25, -0.2) is 0 Å². The van der Waals surface area contributed by atoms with Gasteiger partial charge in [-0.05, 0) is 37.5 Å². The molecule has 1 aliphatic carbocycles. The summed E-state index contributed by atoms with van der Waals surface area (Å²) in [7, 11) is 0. The molecule has 0 spiro atoms. The highest BCUT2D eigenvalue weighted by atomic mass is 79.9. The largest absolute Gasteiger partial charge is 0.508 e. The van der Waals surface area contributed by atoms with Crippen LogP contribution in [0.3, 0.4) is 0 Å². The van der Waals surface area contributed by atoms with Crippen LogP contribution < -0.4 is 0 Å². The monoisotopic (exact) mass is 297 g/mol. The Balaban J connectivity index is 2.15. The minimum Gasteiger partial charge on any atom is -0.508 e. The fourth-order valence-corrected chi connectivity index (χ4v) is 2.43. The lowest BCUT2D eigenvalue weighted by Crippen LogP contribution is -2.45. The summed E-state index contributed by atoms with van der Waals surface area (Å²) in [5.74, 6) is 0.160. The molecule has 0 saturated heterocycles. The van der Waals surface area contributed by atoms with Crippen molar-refractivity contribution in [2.24, 2.45) is 0 Å². The third kappa shape index (κ3) is 2.80. The van der Waals surface area contributed by atoms with E-state index in [1.807, 2.05) is 4.90 Å². The first-order valence-electron chi connectivity index (χ1n) is 5.88. The Bertz CT molecular complexity index is 404. The van der Waals surface area contributed by atoms with Crippen molar-refractivity contribution in [2.45, 2.75) is 25.3 Å². The molecular weight excluding hydrogens is 282 g/mol. The highest BCUT2D eigenvalue weighted by Gasteiger charge is 2.28. The molecule has 17 heavy (non-hydrogen) atoms. The number of carbonyl (C=O) groups is 1. The van der Waals surface area contributed by atoms with E-state index in [0.29, 0.717) is 11.6 Å². The van der Waals surface area contributed by atoms with Gasteiger partial charge >= 0.3 is 0 Å². The summed E-state index contributed by atoms with van der Waals surface area (Å²) >= 11 is 3.38. The van der Waals surface area contributed by atoms with Crippen LogP contribution in [0.2, 0.25) is 0 Å². The van der Waals surface area contributed by atoms with Crippen molar-refractivity contribution in [1.82, 2.24) is 4.90 Å². The number of hydrogen-bond acceptors (Lipinski definition) is 2. The molecule has 2 rings (SSSR count). The molecule has 0 heterocycles. The van der Waals surface area contributed by atoms with E-state index in [0.717, 1.165) is 24.7 Å². The van der Waals surface area contributed by atoms with Gasteiger partial charge in [-0.2, -0.15) is 0 Å². The Morgan fingerprint density at radius 1 is 1.47 bits per heavy atom. The van der Waals surface area contributed by atoms with Crippen molar-refractivity contribution in [3.63, 3.8) is 0 Å². The molecule has 4 heteroatoms. The van der Waals surface area contributed by atoms with Crippen molar-refractivity contribution in [3.8, 4) is 5.75 Å². The molecule has 0 bridgehead atoms. The molecule has 1 aromatic rings. The molecule has 92 valence electrons. The van der Waals surface area contributed by atoms with Crippen molar-refractivity contribution < 1.29 is 9.90 Å². The van der Waals surface area contributed by atoms with Crippen LogP contribution in [-0.4, -0.2) is 33.8 Å². The van der Waals surface area contributed by atoms with Crippen LogP contribution >= 0.6 is 15.9 Å². The number of aromatic hydroxyl groups is 1. The van der Waals surface area contributed by atoms with Gasteiger partial charge in [0.25, 0.3) is 5.91 Å². The zero-order valence-electron chi connectivity index (χ0n) is 9.60. The molecule has 1 N–H and O–H groups in total. The van der Waals surface area contributed by atoms with Gasteiger partial charge in [0, 0.05) is 23.5 Å². The highest BCUT2D eigenvalue weighted by molar-refractivity contribution is 9.09. The predicted octanol–water partition coefficient (Wildman–Crippen LogP) is 2.78. The number of carbonyl (C=O) groups excluding carboxylic acids is 1. The molecule has 0 radical (unpaired) electrons. The number of benzene rings is 1. The van der Waals surface area contributed by atoms with E-state index in [9.17, 15) is 9.90 Å². The first kappa shape index (κ1) is 12.4. The first-order chi connectivity index (χ1) is 8.22. The Hall–Kier alpha value is -1.03. The predicted molar refractivity (Wildman–Crippen MR) is 70.6 cm³/mol. The van der Waals surface area contributed by atoms with E-state index in [1.165, 1.54) is 12.5 Å². The number of hydrogen-bond donors (Lipinski definition) is 1. The van der Waals surface area contributed by atoms with Gasteiger partial charge in [0.05, 0.1) is 0 Å². The number of rotatable bonds is 4. The topological polar surface area (TPSA) is 40.5 Å². The maximum Gasteiger partial charge on any atom is 0.254 e. The number of phenols is 1. The van der Waals surface area contributed by atoms with Gasteiger partial charge in [-0.1, -0.05) is 22.0 Å². The van der Waals surface area contributed by atoms with Crippen LogP contribution in [-0.2, 0) is 0 Å². The zero-order chi connectivity index (χ0) is 12.3. The zero-order valence-corrected chi connectivity index (χ0v) is 11.2. The van der Waals surface area contributed by atoms with E-state index in [1.54, 1.807) is 18.2 Å². The van der Waals surface area contributed by atoms with Crippen LogP contribution in [0.5, 0.6) is 5.75 Å². The first-order valence-corrected chi connectivity index (χ1v) is 7.00. The number of phenolic OH excluding ortho intramolecular Hbond substituents is 1. The Morgan fingerprint density at radius 3 is 2.76 bits per heavy atom. The van der Waals surface area contributed by atoms with Crippen molar-refractivity contribution in [3.05, 3.63) is 29.8 Å². The van der Waals surface area contributed by atoms with Gasteiger partial charge in [0.15, 0.2) is 0 Å². The van der Waals surface area contributed by atoms with Crippen molar-refractivity contribution >= 4 is 21.8 Å². The third-order valence-corrected chi connectivity index (χ3v) is 3.55. The summed E-state index contributed by atoms with van der Waals surface area (Å²) in [6.07, 6.45) is 3.39. The molecular formula is C13H16BrNO2. The maximum absolute atomic E-state index is 12.3. The molecule has 0 aliphatic heterocycles. The summed E-state index contributed by atoms with van der Waals surface area (Å²) in [5.41, 5.74) is 0.567. The summed E-state index contributed by atoms with van der Waals surface area (Å²) in [4.78, 5) is 14.2. The quantitative estimate of drug-likeness (QED) is 0.868. The third-order valence-electron chi connectivity index (χ3n) is 3.19. The number of halogens is 1. The lowest BCUT2D eigenvalue weighted by atomic mass is 9.91. The van der Waals surface area contributed by atoms with E-state index < -0.39 is 0 Å². The highest BCUT2D eigenvalue weighted by Crippen LogP contribution is 2.26. The van der Waals surface area contributed by atoms with E-state index in [-0.39, 0.29) is 11.7 Å². The number of nitrogens with zero attached hydrogens (tertiary/aromatic N) is 1. The normalized spacial score (nSPS) is 15.4. The fourth-order valence-electron chi connectivity index (χ4n) is 2.04. The van der Waals surface area contributed by atoms with E-state index >= 15 is 0 Å². The second-order valence-electron chi connectivity index (χ2n) is 4.32. The lowest BCUT2D eigenvalue weighted by Gasteiger charge is -2.37. The summed E-state index contributed by atoms with van der Waals surface area (Å²) in [5, 5.41) is 10.2. The molecule has 1 fully saturated rings. The molecule has 3 nitrogen and oxygen atoms in total. The average Bonchev–Trinajstić information content (AvgIpc) is 2.25. The Labute approximate surface area is 110 Å². The average molecular weight is 298 g/mol. The van der Waals surface area contributed by atoms with Gasteiger partial charge in [-0.3, -0.25) is 4.79 Å². The molecule has 1 amide bonds. The van der Waals surface area contributed by atoms with Crippen LogP contribution in [0.1, 0.15) is 29.6 Å². The van der Waals surface area contributed by atoms with Gasteiger partial charge in [0.1, 0.15) is 5.75 Å². The summed E-state index contributed by atoms with van der Waals surface area (Å²) < 4.78 is 0. The molecule has 1 aromatic carbocycles. The standard InChI is InChI=1S/C13H16BrNO2/c14-7-8-15(11-4-2-5-11)13(17)10-3-1-6-12(16)9-10/h1,3,6,9,11,16H,2,4-5,7-8H2. The Kier molecular flexibility index (Phi) is 4.05. The molecule has 1 aliphatic rings. The van der Waals surface area contributed by atoms with Crippen molar-refractivity contribution in [2.75, 3.05) is 11.9 Å². The SMILES string of the molecule is O=C(c1cccc(O)c1)N(CCBr)C1CCC1. The maximum atomic E-state index is 12.3. The van der Waals surface area contributed by atoms with Crippen LogP contribution in [0, 0.1) is 0 Å². The lowest BCUT2D eigenvalue weighted by molar-refractivity contribution is 0.0599. The molecule has 0 aromatic heterocycles. The Morgan fingerprint density at radius 2 is 2.24 bits per heavy atom. The van der Waals surface area contributed by atoms with Gasteiger partial charge in [-0.15, -0.1) is 0 Å². The summed E-state index contributed by atoms with van der Waals surface area (Å²) in [6.45, 7) is 0.721. The van der Waals surface area contributed by atoms with Crippen LogP contribution in [0.4, 0.5) is 0 Å². The van der Waals surface area contributed by atoms with Crippen molar-refractivity contribution in [1.29, 1.82) is 0 Å². The van der Waals surface area contributed by atoms with E-state index in [2.05, 4.69) is 15.9 Å². The van der Waals surface area contributed by atoms with Gasteiger partial charge < -0.3 is 10.0 Å². The minimum atomic E-state index is 0.0186. The molecule has 0 unspecified atom stereocenters. The van der Waals surface area contributed by atoms with Crippen LogP contribution in [0.25, 0.3) is 0 Å².